The van der Waals surface area contributed by atoms with Crippen molar-refractivity contribution in [3.8, 4) is 0 Å². The first-order valence-corrected chi connectivity index (χ1v) is 10.8. The molecule has 0 spiro atoms. The average Bonchev–Trinajstić information content (AvgIpc) is 2.76. The zero-order valence-electron chi connectivity index (χ0n) is 17.6. The largest absolute Gasteiger partial charge is 0.482 e. The second-order valence-electron chi connectivity index (χ2n) is 8.27. The highest BCUT2D eigenvalue weighted by Crippen LogP contribution is 2.33. The summed E-state index contributed by atoms with van der Waals surface area (Å²) >= 11 is 0. The normalized spacial score (nSPS) is 22.1. The minimum Gasteiger partial charge on any atom is -0.482 e. The van der Waals surface area contributed by atoms with Crippen LogP contribution in [0.2, 0.25) is 0 Å². The lowest BCUT2D eigenvalue weighted by Crippen LogP contribution is -2.57. The Hall–Kier alpha value is -3.15. The molecule has 2 aromatic carbocycles. The summed E-state index contributed by atoms with van der Waals surface area (Å²) in [4.78, 5) is 27.5. The minimum atomic E-state index is -0.315. The molecule has 6 heteroatoms. The third-order valence-electron chi connectivity index (χ3n) is 5.87. The van der Waals surface area contributed by atoms with Gasteiger partial charge in [-0.25, -0.2) is 4.39 Å². The number of nitrogens with zero attached hydrogens (tertiary/aromatic N) is 1. The topological polar surface area (TPSA) is 58.6 Å². The molecule has 2 amide bonds. The number of halogens is 1. The summed E-state index contributed by atoms with van der Waals surface area (Å²) in [6.45, 7) is 2.27. The van der Waals surface area contributed by atoms with Crippen molar-refractivity contribution in [1.29, 1.82) is 0 Å². The zero-order valence-corrected chi connectivity index (χ0v) is 17.6. The Labute approximate surface area is 181 Å². The van der Waals surface area contributed by atoms with Crippen LogP contribution in [-0.2, 0) is 20.9 Å². The predicted octanol–water partition coefficient (Wildman–Crippen LogP) is 3.96. The summed E-state index contributed by atoms with van der Waals surface area (Å²) in [6, 6.07) is 13.8. The number of carbonyl (C=O) groups excluding carboxylic acids is 2. The number of nitrogens with one attached hydrogen (secondary N) is 1. The van der Waals surface area contributed by atoms with E-state index >= 15 is 0 Å². The van der Waals surface area contributed by atoms with Crippen LogP contribution < -0.4 is 5.32 Å². The van der Waals surface area contributed by atoms with Gasteiger partial charge in [-0.15, -0.1) is 0 Å². The van der Waals surface area contributed by atoms with Crippen LogP contribution in [0.4, 0.5) is 4.39 Å². The van der Waals surface area contributed by atoms with Crippen LogP contribution in [0, 0.1) is 12.7 Å². The molecule has 1 N–H and O–H groups in total. The summed E-state index contributed by atoms with van der Waals surface area (Å²) in [5.41, 5.74) is 2.81. The van der Waals surface area contributed by atoms with Gasteiger partial charge in [-0.2, -0.15) is 0 Å². The van der Waals surface area contributed by atoms with Gasteiger partial charge in [-0.3, -0.25) is 9.59 Å². The number of hydrogen-bond acceptors (Lipinski definition) is 3. The first-order chi connectivity index (χ1) is 15.0. The number of benzene rings is 2. The van der Waals surface area contributed by atoms with E-state index in [4.69, 9.17) is 4.74 Å². The fraction of sp³-hybridized carbons (Fsp3) is 0.360. The van der Waals surface area contributed by atoms with Gasteiger partial charge < -0.3 is 15.0 Å². The van der Waals surface area contributed by atoms with Crippen molar-refractivity contribution in [2.45, 2.75) is 51.3 Å². The molecule has 0 aromatic heterocycles. The van der Waals surface area contributed by atoms with Crippen molar-refractivity contribution >= 4 is 17.9 Å². The molecular formula is C25H27FN2O3. The molecule has 1 aliphatic heterocycles. The number of aryl methyl sites for hydroxylation is 1. The number of amides is 2. The van der Waals surface area contributed by atoms with E-state index < -0.39 is 0 Å². The fourth-order valence-corrected chi connectivity index (χ4v) is 4.29. The molecule has 2 aliphatic rings. The number of ether oxygens (including phenoxy) is 1. The lowest BCUT2D eigenvalue weighted by atomic mass is 9.89. The smallest absolute Gasteiger partial charge is 0.289 e. The average molecular weight is 423 g/mol. The van der Waals surface area contributed by atoms with E-state index in [9.17, 15) is 14.0 Å². The number of morpholine rings is 1. The molecule has 4 rings (SSSR count). The Morgan fingerprint density at radius 1 is 1.19 bits per heavy atom. The molecule has 0 bridgehead atoms. The van der Waals surface area contributed by atoms with E-state index in [-0.39, 0.29) is 42.9 Å². The van der Waals surface area contributed by atoms with Gasteiger partial charge in [0.25, 0.3) is 5.91 Å². The van der Waals surface area contributed by atoms with Crippen LogP contribution in [-0.4, -0.2) is 35.4 Å². The summed E-state index contributed by atoms with van der Waals surface area (Å²) in [7, 11) is 0. The molecule has 1 heterocycles. The molecule has 5 nitrogen and oxygen atoms in total. The van der Waals surface area contributed by atoms with Crippen LogP contribution in [0.5, 0.6) is 0 Å². The summed E-state index contributed by atoms with van der Waals surface area (Å²) in [5.74, 6) is -0.509. The van der Waals surface area contributed by atoms with Crippen molar-refractivity contribution in [2.24, 2.45) is 0 Å². The van der Waals surface area contributed by atoms with E-state index in [0.29, 0.717) is 5.76 Å². The summed E-state index contributed by atoms with van der Waals surface area (Å²) < 4.78 is 19.2. The maximum absolute atomic E-state index is 13.2. The number of fused-ring (bicyclic) bond motifs is 1. The quantitative estimate of drug-likeness (QED) is 0.742. The molecule has 0 radical (unpaired) electrons. The molecule has 1 aliphatic carbocycles. The van der Waals surface area contributed by atoms with E-state index in [1.165, 1.54) is 12.1 Å². The Morgan fingerprint density at radius 2 is 1.97 bits per heavy atom. The Morgan fingerprint density at radius 3 is 2.74 bits per heavy atom. The van der Waals surface area contributed by atoms with Gasteiger partial charge in [0.1, 0.15) is 18.5 Å². The fourth-order valence-electron chi connectivity index (χ4n) is 4.29. The van der Waals surface area contributed by atoms with Crippen molar-refractivity contribution < 1.29 is 18.7 Å². The molecule has 2 unspecified atom stereocenters. The molecule has 31 heavy (non-hydrogen) atoms. The molecule has 2 aromatic rings. The molecule has 1 saturated heterocycles. The van der Waals surface area contributed by atoms with Crippen LogP contribution >= 0.6 is 0 Å². The Kier molecular flexibility index (Phi) is 6.35. The van der Waals surface area contributed by atoms with E-state index in [2.05, 4.69) is 5.32 Å². The lowest BCUT2D eigenvalue weighted by molar-refractivity contribution is -0.151. The maximum atomic E-state index is 13.2. The summed E-state index contributed by atoms with van der Waals surface area (Å²) in [5, 5.41) is 2.84. The van der Waals surface area contributed by atoms with E-state index in [0.717, 1.165) is 42.4 Å². The second kappa shape index (κ2) is 9.33. The first-order valence-electron chi connectivity index (χ1n) is 10.8. The van der Waals surface area contributed by atoms with E-state index in [1.54, 1.807) is 23.1 Å². The van der Waals surface area contributed by atoms with E-state index in [1.807, 2.05) is 31.2 Å². The molecule has 1 saturated carbocycles. The van der Waals surface area contributed by atoms with Crippen molar-refractivity contribution in [1.82, 2.24) is 10.2 Å². The van der Waals surface area contributed by atoms with Crippen LogP contribution in [0.15, 0.2) is 54.3 Å². The number of carbonyl (C=O) groups is 2. The van der Waals surface area contributed by atoms with Gasteiger partial charge in [0.05, 0.1) is 6.04 Å². The van der Waals surface area contributed by atoms with Gasteiger partial charge in [0, 0.05) is 6.54 Å². The SMILES string of the molecule is Cc1cccc(/C=C2/OC3CCCCC3N(CC(=O)NCc3ccc(F)cc3)C2=O)c1. The standard InChI is InChI=1S/C25H27FN2O3/c1-17-5-4-6-19(13-17)14-23-25(30)28(21-7-2-3-8-22(21)31-23)16-24(29)27-15-18-9-11-20(26)12-10-18/h4-6,9-14,21-22H,2-3,7-8,15-16H2,1H3,(H,27,29)/b23-14+. The third kappa shape index (κ3) is 5.13. The second-order valence-corrected chi connectivity index (χ2v) is 8.27. The van der Waals surface area contributed by atoms with Gasteiger partial charge in [0.15, 0.2) is 5.76 Å². The minimum absolute atomic E-state index is 0.0181. The number of hydrogen-bond donors (Lipinski definition) is 1. The molecule has 162 valence electrons. The van der Waals surface area contributed by atoms with Crippen molar-refractivity contribution in [2.75, 3.05) is 6.54 Å². The Balaban J connectivity index is 1.48. The molecule has 2 atom stereocenters. The highest BCUT2D eigenvalue weighted by atomic mass is 19.1. The molecular weight excluding hydrogens is 395 g/mol. The highest BCUT2D eigenvalue weighted by Gasteiger charge is 2.42. The van der Waals surface area contributed by atoms with Crippen molar-refractivity contribution in [3.63, 3.8) is 0 Å². The third-order valence-corrected chi connectivity index (χ3v) is 5.87. The summed E-state index contributed by atoms with van der Waals surface area (Å²) in [6.07, 6.45) is 5.45. The highest BCUT2D eigenvalue weighted by molar-refractivity contribution is 5.98. The van der Waals surface area contributed by atoms with Crippen LogP contribution in [0.25, 0.3) is 6.08 Å². The lowest BCUT2D eigenvalue weighted by Gasteiger charge is -2.44. The van der Waals surface area contributed by atoms with Gasteiger partial charge in [0.2, 0.25) is 5.91 Å². The van der Waals surface area contributed by atoms with Gasteiger partial charge in [-0.05, 0) is 55.5 Å². The number of rotatable bonds is 5. The maximum Gasteiger partial charge on any atom is 0.289 e. The molecule has 2 fully saturated rings. The van der Waals surface area contributed by atoms with Gasteiger partial charge >= 0.3 is 0 Å². The Bertz CT molecular complexity index is 987. The zero-order chi connectivity index (χ0) is 21.8. The van der Waals surface area contributed by atoms with Gasteiger partial charge in [-0.1, -0.05) is 48.4 Å². The van der Waals surface area contributed by atoms with Crippen LogP contribution in [0.3, 0.4) is 0 Å². The first kappa shape index (κ1) is 21.1. The van der Waals surface area contributed by atoms with Crippen LogP contribution in [0.1, 0.15) is 42.4 Å². The monoisotopic (exact) mass is 422 g/mol. The predicted molar refractivity (Wildman–Crippen MR) is 116 cm³/mol. The van der Waals surface area contributed by atoms with Crippen molar-refractivity contribution in [3.05, 3.63) is 76.8 Å².